The first-order valence-corrected chi connectivity index (χ1v) is 3.23. The molecule has 2 atom stereocenters. The number of carbonyl (C=O) groups is 1. The van der Waals surface area contributed by atoms with E-state index in [1.165, 1.54) is 0 Å². The van der Waals surface area contributed by atoms with Gasteiger partial charge in [-0.3, -0.25) is 10.1 Å². The molecule has 1 aliphatic heterocycles. The van der Waals surface area contributed by atoms with Crippen molar-refractivity contribution >= 4 is 5.91 Å². The van der Waals surface area contributed by atoms with Gasteiger partial charge < -0.3 is 5.32 Å². The zero-order valence-corrected chi connectivity index (χ0v) is 5.77. The summed E-state index contributed by atoms with van der Waals surface area (Å²) in [5, 5.41) is 5.84. The van der Waals surface area contributed by atoms with E-state index in [1.807, 2.05) is 13.8 Å². The van der Waals surface area contributed by atoms with Gasteiger partial charge in [0.1, 0.15) is 0 Å². The molecule has 1 aliphatic rings. The van der Waals surface area contributed by atoms with Crippen LogP contribution in [0.4, 0.5) is 0 Å². The molecule has 52 valence electrons. The second kappa shape index (κ2) is 2.35. The van der Waals surface area contributed by atoms with Crippen molar-refractivity contribution in [3.63, 3.8) is 0 Å². The molecule has 1 saturated heterocycles. The predicted octanol–water partition coefficient (Wildman–Crippen LogP) is -0.312. The van der Waals surface area contributed by atoms with Gasteiger partial charge in [-0.1, -0.05) is 6.92 Å². The third-order valence-corrected chi connectivity index (χ3v) is 1.85. The van der Waals surface area contributed by atoms with E-state index in [-0.39, 0.29) is 11.8 Å². The molecule has 1 rings (SSSR count). The molecule has 0 spiro atoms. The highest BCUT2D eigenvalue weighted by molar-refractivity contribution is 5.79. The Balaban J connectivity index is 2.51. The summed E-state index contributed by atoms with van der Waals surface area (Å²) in [5.41, 5.74) is 0. The van der Waals surface area contributed by atoms with Gasteiger partial charge >= 0.3 is 0 Å². The summed E-state index contributed by atoms with van der Waals surface area (Å²) in [6.45, 7) is 4.56. The van der Waals surface area contributed by atoms with Crippen molar-refractivity contribution in [3.8, 4) is 0 Å². The molecule has 0 aromatic rings. The van der Waals surface area contributed by atoms with Crippen molar-refractivity contribution in [3.05, 3.63) is 0 Å². The van der Waals surface area contributed by atoms with E-state index in [9.17, 15) is 4.79 Å². The zero-order chi connectivity index (χ0) is 6.85. The van der Waals surface area contributed by atoms with E-state index in [2.05, 4.69) is 10.6 Å². The van der Waals surface area contributed by atoms with Crippen LogP contribution < -0.4 is 10.6 Å². The number of carbonyl (C=O) groups excluding carboxylic acids is 1. The number of nitrogens with one attached hydrogen (secondary N) is 2. The summed E-state index contributed by atoms with van der Waals surface area (Å²) < 4.78 is 0. The van der Waals surface area contributed by atoms with Crippen LogP contribution in [-0.4, -0.2) is 18.6 Å². The van der Waals surface area contributed by atoms with Crippen molar-refractivity contribution < 1.29 is 4.79 Å². The van der Waals surface area contributed by atoms with Crippen LogP contribution in [0.25, 0.3) is 0 Å². The average Bonchev–Trinajstić information content (AvgIpc) is 1.83. The molecule has 0 aliphatic carbocycles. The minimum Gasteiger partial charge on any atom is -0.343 e. The molecular formula is C6H12N2O. The lowest BCUT2D eigenvalue weighted by Gasteiger charge is -2.26. The van der Waals surface area contributed by atoms with Gasteiger partial charge in [0.15, 0.2) is 0 Å². The minimum atomic E-state index is 0.110. The number of rotatable bonds is 0. The summed E-state index contributed by atoms with van der Waals surface area (Å²) in [7, 11) is 0. The molecule has 0 bridgehead atoms. The zero-order valence-electron chi connectivity index (χ0n) is 5.77. The van der Waals surface area contributed by atoms with Crippen LogP contribution in [0.15, 0.2) is 0 Å². The predicted molar refractivity (Wildman–Crippen MR) is 34.8 cm³/mol. The largest absolute Gasteiger partial charge is 0.343 e. The van der Waals surface area contributed by atoms with Gasteiger partial charge in [0.2, 0.25) is 5.91 Å². The third-order valence-electron chi connectivity index (χ3n) is 1.85. The van der Waals surface area contributed by atoms with E-state index >= 15 is 0 Å². The van der Waals surface area contributed by atoms with Crippen LogP contribution in [0.5, 0.6) is 0 Å². The van der Waals surface area contributed by atoms with Gasteiger partial charge in [0.05, 0.1) is 12.6 Å². The van der Waals surface area contributed by atoms with E-state index < -0.39 is 0 Å². The molecule has 2 unspecified atom stereocenters. The Labute approximate surface area is 54.8 Å². The van der Waals surface area contributed by atoms with E-state index in [0.717, 1.165) is 0 Å². The van der Waals surface area contributed by atoms with E-state index in [1.54, 1.807) is 0 Å². The molecule has 2 N–H and O–H groups in total. The van der Waals surface area contributed by atoms with Crippen molar-refractivity contribution in [2.24, 2.45) is 5.92 Å². The molecular weight excluding hydrogens is 116 g/mol. The highest BCUT2D eigenvalue weighted by atomic mass is 16.2. The molecule has 0 aromatic carbocycles. The Morgan fingerprint density at radius 3 is 2.67 bits per heavy atom. The molecule has 0 aromatic heterocycles. The molecule has 0 saturated carbocycles. The van der Waals surface area contributed by atoms with Crippen LogP contribution in [0, 0.1) is 5.92 Å². The summed E-state index contributed by atoms with van der Waals surface area (Å²) in [6, 6.07) is 0.318. The molecule has 1 heterocycles. The smallest absolute Gasteiger partial charge is 0.225 e. The fourth-order valence-electron chi connectivity index (χ4n) is 0.864. The average molecular weight is 128 g/mol. The highest BCUT2D eigenvalue weighted by Gasteiger charge is 2.22. The lowest BCUT2D eigenvalue weighted by atomic mass is 10.0. The quantitative estimate of drug-likeness (QED) is 0.470. The van der Waals surface area contributed by atoms with Crippen molar-refractivity contribution in [1.29, 1.82) is 0 Å². The Bertz CT molecular complexity index is 124. The first-order valence-electron chi connectivity index (χ1n) is 3.23. The Morgan fingerprint density at radius 2 is 2.22 bits per heavy atom. The first kappa shape index (κ1) is 6.55. The topological polar surface area (TPSA) is 41.1 Å². The fourth-order valence-corrected chi connectivity index (χ4v) is 0.864. The van der Waals surface area contributed by atoms with Crippen LogP contribution in [0.2, 0.25) is 0 Å². The monoisotopic (exact) mass is 128 g/mol. The fraction of sp³-hybridized carbons (Fsp3) is 0.833. The van der Waals surface area contributed by atoms with Gasteiger partial charge in [-0.15, -0.1) is 0 Å². The summed E-state index contributed by atoms with van der Waals surface area (Å²) in [5.74, 6) is 0.264. The summed E-state index contributed by atoms with van der Waals surface area (Å²) >= 11 is 0. The van der Waals surface area contributed by atoms with E-state index in [4.69, 9.17) is 0 Å². The maximum atomic E-state index is 10.9. The van der Waals surface area contributed by atoms with Crippen LogP contribution in [0.3, 0.4) is 0 Å². The SMILES string of the molecule is CC1NCNC(=O)C1C. The van der Waals surface area contributed by atoms with Crippen LogP contribution in [-0.2, 0) is 4.79 Å². The maximum absolute atomic E-state index is 10.9. The van der Waals surface area contributed by atoms with Gasteiger partial charge in [-0.2, -0.15) is 0 Å². The molecule has 3 nitrogen and oxygen atoms in total. The Kier molecular flexibility index (Phi) is 1.71. The Hall–Kier alpha value is -0.570. The first-order chi connectivity index (χ1) is 4.22. The van der Waals surface area contributed by atoms with Crippen LogP contribution >= 0.6 is 0 Å². The second-order valence-corrected chi connectivity index (χ2v) is 2.50. The van der Waals surface area contributed by atoms with Crippen molar-refractivity contribution in [1.82, 2.24) is 10.6 Å². The Morgan fingerprint density at radius 1 is 1.56 bits per heavy atom. The van der Waals surface area contributed by atoms with Gasteiger partial charge in [-0.05, 0) is 6.92 Å². The van der Waals surface area contributed by atoms with Crippen LogP contribution in [0.1, 0.15) is 13.8 Å². The van der Waals surface area contributed by atoms with Crippen molar-refractivity contribution in [2.45, 2.75) is 19.9 Å². The number of hydrogen-bond acceptors (Lipinski definition) is 2. The maximum Gasteiger partial charge on any atom is 0.225 e. The molecule has 0 radical (unpaired) electrons. The van der Waals surface area contributed by atoms with Gasteiger partial charge in [-0.25, -0.2) is 0 Å². The van der Waals surface area contributed by atoms with E-state index in [0.29, 0.717) is 12.7 Å². The molecule has 1 fully saturated rings. The summed E-state index contributed by atoms with van der Waals surface area (Å²) in [6.07, 6.45) is 0. The minimum absolute atomic E-state index is 0.110. The number of hydrogen-bond donors (Lipinski definition) is 2. The van der Waals surface area contributed by atoms with Gasteiger partial charge in [0.25, 0.3) is 0 Å². The lowest BCUT2D eigenvalue weighted by molar-refractivity contribution is -0.127. The summed E-state index contributed by atoms with van der Waals surface area (Å²) in [4.78, 5) is 10.9. The molecule has 1 amide bonds. The number of amides is 1. The third kappa shape index (κ3) is 1.21. The molecule has 3 heteroatoms. The second-order valence-electron chi connectivity index (χ2n) is 2.50. The lowest BCUT2D eigenvalue weighted by Crippen LogP contribution is -2.52. The van der Waals surface area contributed by atoms with Gasteiger partial charge in [0, 0.05) is 6.04 Å². The standard InChI is InChI=1S/C6H12N2O/c1-4-5(2)7-3-8-6(4)9/h4-5,7H,3H2,1-2H3,(H,8,9). The normalized spacial score (nSPS) is 36.0. The van der Waals surface area contributed by atoms with Crippen molar-refractivity contribution in [2.75, 3.05) is 6.67 Å². The highest BCUT2D eigenvalue weighted by Crippen LogP contribution is 2.04. The molecule has 9 heavy (non-hydrogen) atoms.